The topological polar surface area (TPSA) is 41.6 Å². The molecular formula is C32H41BrN2O2. The van der Waals surface area contributed by atoms with Gasteiger partial charge in [-0.25, -0.2) is 0 Å². The minimum absolute atomic E-state index is 0.0191. The zero-order chi connectivity index (χ0) is 25.4. The quantitative estimate of drug-likeness (QED) is 0.454. The zero-order valence-electron chi connectivity index (χ0n) is 22.2. The van der Waals surface area contributed by atoms with Gasteiger partial charge in [0, 0.05) is 35.6 Å². The lowest BCUT2D eigenvalue weighted by molar-refractivity contribution is -0.143. The highest BCUT2D eigenvalue weighted by atomic mass is 79.9. The second-order valence-corrected chi connectivity index (χ2v) is 12.8. The van der Waals surface area contributed by atoms with Gasteiger partial charge in [0.2, 0.25) is 5.91 Å². The molecular weight excluding hydrogens is 524 g/mol. The Hall–Kier alpha value is -1.85. The monoisotopic (exact) mass is 564 g/mol. The maximum atomic E-state index is 14.7. The van der Waals surface area contributed by atoms with Gasteiger partial charge in [-0.2, -0.15) is 0 Å². The Morgan fingerprint density at radius 2 is 1.86 bits per heavy atom. The van der Waals surface area contributed by atoms with Crippen LogP contribution in [0.15, 0.2) is 46.9 Å². The van der Waals surface area contributed by atoms with Gasteiger partial charge in [-0.15, -0.1) is 0 Å². The summed E-state index contributed by atoms with van der Waals surface area (Å²) in [4.78, 5) is 17.1. The smallest absolute Gasteiger partial charge is 0.228 e. The summed E-state index contributed by atoms with van der Waals surface area (Å²) in [6, 6.07) is 15.6. The Bertz CT molecular complexity index is 1120. The number of nitrogens with one attached hydrogen (secondary N) is 1. The molecule has 0 unspecified atom stereocenters. The number of hydrogen-bond donors (Lipinski definition) is 1. The molecule has 5 heteroatoms. The SMILES string of the molecule is COc1ccc(Br)c2c1CCC[C@]21CNC[C@H]1C(=O)N1CC[C@@H](c2ccccc2)C[C@H]1C1CCCCC1. The number of hydrogen-bond acceptors (Lipinski definition) is 3. The number of methoxy groups -OCH3 is 1. The van der Waals surface area contributed by atoms with Crippen LogP contribution in [-0.4, -0.2) is 43.6 Å². The lowest BCUT2D eigenvalue weighted by Gasteiger charge is -2.48. The number of halogens is 1. The highest BCUT2D eigenvalue weighted by Crippen LogP contribution is 2.51. The lowest BCUT2D eigenvalue weighted by Crippen LogP contribution is -2.55. The van der Waals surface area contributed by atoms with Crippen LogP contribution in [0.2, 0.25) is 0 Å². The van der Waals surface area contributed by atoms with Gasteiger partial charge >= 0.3 is 0 Å². The third kappa shape index (κ3) is 4.54. The predicted molar refractivity (Wildman–Crippen MR) is 152 cm³/mol. The van der Waals surface area contributed by atoms with Crippen molar-refractivity contribution in [2.24, 2.45) is 11.8 Å². The van der Waals surface area contributed by atoms with E-state index in [1.807, 2.05) is 0 Å². The van der Waals surface area contributed by atoms with E-state index >= 15 is 0 Å². The number of piperidine rings is 1. The second kappa shape index (κ2) is 10.7. The summed E-state index contributed by atoms with van der Waals surface area (Å²) in [5, 5.41) is 3.68. The second-order valence-electron chi connectivity index (χ2n) is 11.9. The first-order chi connectivity index (χ1) is 18.1. The molecule has 1 N–H and O–H groups in total. The van der Waals surface area contributed by atoms with E-state index in [0.29, 0.717) is 23.8 Å². The Kier molecular flexibility index (Phi) is 7.37. The molecule has 2 aliphatic carbocycles. The van der Waals surface area contributed by atoms with Crippen LogP contribution >= 0.6 is 15.9 Å². The van der Waals surface area contributed by atoms with Crippen LogP contribution in [0.1, 0.15) is 80.4 Å². The molecule has 1 saturated carbocycles. The summed E-state index contributed by atoms with van der Waals surface area (Å²) in [6.45, 7) is 2.53. The number of benzene rings is 2. The molecule has 2 aromatic carbocycles. The Labute approximate surface area is 230 Å². The largest absolute Gasteiger partial charge is 0.496 e. The van der Waals surface area contributed by atoms with Crippen LogP contribution in [0.4, 0.5) is 0 Å². The van der Waals surface area contributed by atoms with Gasteiger partial charge < -0.3 is 15.0 Å². The minimum Gasteiger partial charge on any atom is -0.496 e. The van der Waals surface area contributed by atoms with E-state index in [2.05, 4.69) is 68.6 Å². The average Bonchev–Trinajstić information content (AvgIpc) is 3.37. The first-order valence-electron chi connectivity index (χ1n) is 14.5. The van der Waals surface area contributed by atoms with Gasteiger partial charge in [-0.1, -0.05) is 65.5 Å². The standard InChI is InChI=1S/C32H41BrN2O2/c1-37-29-15-14-27(33)30-25(29)13-8-17-32(30)21-34-20-26(32)31(36)35-18-16-24(22-9-4-2-5-10-22)19-28(35)23-11-6-3-7-12-23/h2,4-5,9-10,14-15,23-24,26,28,34H,3,6-8,11-13,16-21H2,1H3/t24-,26+,28+,32-/m1/s1. The molecule has 0 radical (unpaired) electrons. The van der Waals surface area contributed by atoms with Gasteiger partial charge in [0.1, 0.15) is 5.75 Å². The summed E-state index contributed by atoms with van der Waals surface area (Å²) in [6.07, 6.45) is 11.9. The molecule has 3 fully saturated rings. The number of likely N-dealkylation sites (tertiary alicyclic amines) is 1. The highest BCUT2D eigenvalue weighted by molar-refractivity contribution is 9.10. The van der Waals surface area contributed by atoms with Crippen LogP contribution in [0.3, 0.4) is 0 Å². The minimum atomic E-state index is -0.161. The van der Waals surface area contributed by atoms with Crippen molar-refractivity contribution in [1.29, 1.82) is 0 Å². The fourth-order valence-corrected chi connectivity index (χ4v) is 9.12. The number of nitrogens with zero attached hydrogens (tertiary/aromatic N) is 1. The van der Waals surface area contributed by atoms with Crippen molar-refractivity contribution in [1.82, 2.24) is 10.2 Å². The molecule has 37 heavy (non-hydrogen) atoms. The maximum absolute atomic E-state index is 14.7. The third-order valence-electron chi connectivity index (χ3n) is 10.1. The van der Waals surface area contributed by atoms with Crippen molar-refractivity contribution >= 4 is 21.8 Å². The number of carbonyl (C=O) groups is 1. The summed E-state index contributed by atoms with van der Waals surface area (Å²) in [5.41, 5.74) is 3.92. The van der Waals surface area contributed by atoms with Gasteiger partial charge in [0.05, 0.1) is 13.0 Å². The Morgan fingerprint density at radius 3 is 2.65 bits per heavy atom. The van der Waals surface area contributed by atoms with E-state index in [1.54, 1.807) is 7.11 Å². The summed E-state index contributed by atoms with van der Waals surface area (Å²) < 4.78 is 6.93. The van der Waals surface area contributed by atoms with Crippen molar-refractivity contribution < 1.29 is 9.53 Å². The van der Waals surface area contributed by atoms with E-state index in [1.165, 1.54) is 48.8 Å². The van der Waals surface area contributed by atoms with Crippen molar-refractivity contribution in [3.8, 4) is 5.75 Å². The van der Waals surface area contributed by atoms with Crippen LogP contribution in [0.5, 0.6) is 5.75 Å². The fourth-order valence-electron chi connectivity index (χ4n) is 8.36. The number of amides is 1. The first-order valence-corrected chi connectivity index (χ1v) is 15.3. The van der Waals surface area contributed by atoms with Gasteiger partial charge in [-0.05, 0) is 85.6 Å². The molecule has 2 aliphatic heterocycles. The Balaban J connectivity index is 1.33. The summed E-state index contributed by atoms with van der Waals surface area (Å²) >= 11 is 3.90. The normalized spacial score (nSPS) is 30.3. The van der Waals surface area contributed by atoms with Crippen LogP contribution in [0.25, 0.3) is 0 Å². The number of rotatable bonds is 4. The van der Waals surface area contributed by atoms with E-state index in [-0.39, 0.29) is 11.3 Å². The van der Waals surface area contributed by atoms with Crippen LogP contribution in [-0.2, 0) is 16.6 Å². The average molecular weight is 566 g/mol. The van der Waals surface area contributed by atoms with Crippen molar-refractivity contribution in [3.05, 3.63) is 63.6 Å². The van der Waals surface area contributed by atoms with Crippen LogP contribution in [0, 0.1) is 11.8 Å². The fraction of sp³-hybridized carbons (Fsp3) is 0.594. The molecule has 0 aromatic heterocycles. The number of fused-ring (bicyclic) bond motifs is 2. The molecule has 0 bridgehead atoms. The van der Waals surface area contributed by atoms with Crippen molar-refractivity contribution in [3.63, 3.8) is 0 Å². The maximum Gasteiger partial charge on any atom is 0.228 e. The molecule has 4 nitrogen and oxygen atoms in total. The number of ether oxygens (including phenoxy) is 1. The van der Waals surface area contributed by atoms with Gasteiger partial charge in [0.25, 0.3) is 0 Å². The molecule has 2 aromatic rings. The molecule has 2 heterocycles. The Morgan fingerprint density at radius 1 is 1.05 bits per heavy atom. The molecule has 198 valence electrons. The third-order valence-corrected chi connectivity index (χ3v) is 10.8. The molecule has 4 aliphatic rings. The van der Waals surface area contributed by atoms with Crippen LogP contribution < -0.4 is 10.1 Å². The van der Waals surface area contributed by atoms with Gasteiger partial charge in [-0.3, -0.25) is 4.79 Å². The molecule has 1 spiro atoms. The lowest BCUT2D eigenvalue weighted by atomic mass is 9.63. The van der Waals surface area contributed by atoms with Gasteiger partial charge in [0.15, 0.2) is 0 Å². The van der Waals surface area contributed by atoms with Crippen molar-refractivity contribution in [2.75, 3.05) is 26.7 Å². The zero-order valence-corrected chi connectivity index (χ0v) is 23.8. The molecule has 4 atom stereocenters. The summed E-state index contributed by atoms with van der Waals surface area (Å²) in [5.74, 6) is 2.55. The summed E-state index contributed by atoms with van der Waals surface area (Å²) in [7, 11) is 1.77. The van der Waals surface area contributed by atoms with E-state index in [9.17, 15) is 4.79 Å². The highest BCUT2D eigenvalue weighted by Gasteiger charge is 2.53. The molecule has 2 saturated heterocycles. The van der Waals surface area contributed by atoms with E-state index in [0.717, 1.165) is 62.0 Å². The molecule has 1 amide bonds. The number of carbonyl (C=O) groups excluding carboxylic acids is 1. The van der Waals surface area contributed by atoms with Crippen molar-refractivity contribution in [2.45, 2.75) is 81.6 Å². The van der Waals surface area contributed by atoms with E-state index in [4.69, 9.17) is 4.74 Å². The molecule has 6 rings (SSSR count). The first kappa shape index (κ1) is 25.4. The van der Waals surface area contributed by atoms with E-state index < -0.39 is 0 Å². The predicted octanol–water partition coefficient (Wildman–Crippen LogP) is 6.61.